The van der Waals surface area contributed by atoms with Crippen LogP contribution in [0.4, 0.5) is 0 Å². The average Bonchev–Trinajstić information content (AvgIpc) is 2.70. The molecule has 11 heavy (non-hydrogen) atoms. The lowest BCUT2D eigenvalue weighted by Gasteiger charge is -2.34. The fourth-order valence-electron chi connectivity index (χ4n) is 2.62. The summed E-state index contributed by atoms with van der Waals surface area (Å²) in [6, 6.07) is 0. The molecule has 0 aromatic heterocycles. The first-order valence-corrected chi connectivity index (χ1v) is 4.93. The summed E-state index contributed by atoms with van der Waals surface area (Å²) < 4.78 is 0. The molecule has 1 nitrogen and oxygen atoms in total. The van der Waals surface area contributed by atoms with E-state index in [9.17, 15) is 0 Å². The van der Waals surface area contributed by atoms with Gasteiger partial charge in [0.05, 0.1) is 0 Å². The van der Waals surface area contributed by atoms with Crippen molar-refractivity contribution in [1.82, 2.24) is 5.32 Å². The van der Waals surface area contributed by atoms with Gasteiger partial charge in [-0.05, 0) is 49.6 Å². The monoisotopic (exact) mass is 153 g/mol. The molecule has 2 fully saturated rings. The molecule has 1 aliphatic carbocycles. The van der Waals surface area contributed by atoms with E-state index in [1.165, 1.54) is 32.4 Å². The van der Waals surface area contributed by atoms with Crippen molar-refractivity contribution >= 4 is 0 Å². The lowest BCUT2D eigenvalue weighted by Crippen LogP contribution is -2.38. The maximum atomic E-state index is 3.46. The summed E-state index contributed by atoms with van der Waals surface area (Å²) in [5, 5.41) is 3.46. The molecule has 64 valence electrons. The van der Waals surface area contributed by atoms with Gasteiger partial charge in [-0.25, -0.2) is 0 Å². The Morgan fingerprint density at radius 3 is 2.64 bits per heavy atom. The van der Waals surface area contributed by atoms with Gasteiger partial charge in [-0.3, -0.25) is 0 Å². The molecule has 0 radical (unpaired) electrons. The van der Waals surface area contributed by atoms with Crippen LogP contribution in [-0.2, 0) is 0 Å². The van der Waals surface area contributed by atoms with Crippen molar-refractivity contribution in [1.29, 1.82) is 0 Å². The molecule has 2 atom stereocenters. The van der Waals surface area contributed by atoms with Crippen LogP contribution < -0.4 is 5.32 Å². The lowest BCUT2D eigenvalue weighted by molar-refractivity contribution is 0.182. The number of rotatable bonds is 1. The van der Waals surface area contributed by atoms with Crippen molar-refractivity contribution in [2.75, 3.05) is 13.1 Å². The van der Waals surface area contributed by atoms with Crippen LogP contribution in [0.3, 0.4) is 0 Å². The van der Waals surface area contributed by atoms with E-state index in [-0.39, 0.29) is 0 Å². The molecule has 1 saturated carbocycles. The molecule has 1 heterocycles. The van der Waals surface area contributed by atoms with Gasteiger partial charge in [0.25, 0.3) is 0 Å². The van der Waals surface area contributed by atoms with Gasteiger partial charge in [0.15, 0.2) is 0 Å². The SMILES string of the molecule is CC1CNCCC1C1(C)CC1. The molecular formula is C10H19N. The van der Waals surface area contributed by atoms with E-state index in [0.717, 1.165) is 17.3 Å². The fourth-order valence-corrected chi connectivity index (χ4v) is 2.62. The second-order valence-corrected chi connectivity index (χ2v) is 4.73. The minimum atomic E-state index is 0.752. The van der Waals surface area contributed by atoms with E-state index in [1.54, 1.807) is 0 Å². The molecule has 0 bridgehead atoms. The molecule has 2 aliphatic rings. The van der Waals surface area contributed by atoms with Crippen molar-refractivity contribution in [2.45, 2.75) is 33.1 Å². The van der Waals surface area contributed by atoms with Crippen LogP contribution in [0.5, 0.6) is 0 Å². The predicted molar refractivity (Wildman–Crippen MR) is 47.5 cm³/mol. The van der Waals surface area contributed by atoms with Crippen LogP contribution in [-0.4, -0.2) is 13.1 Å². The topological polar surface area (TPSA) is 12.0 Å². The maximum absolute atomic E-state index is 3.46. The summed E-state index contributed by atoms with van der Waals surface area (Å²) >= 11 is 0. The van der Waals surface area contributed by atoms with E-state index < -0.39 is 0 Å². The minimum absolute atomic E-state index is 0.752. The Balaban J connectivity index is 1.99. The third-order valence-corrected chi connectivity index (χ3v) is 3.72. The first kappa shape index (κ1) is 7.60. The standard InChI is InChI=1S/C10H19N/c1-8-7-11-6-3-9(8)10(2)4-5-10/h8-9,11H,3-7H2,1-2H3. The van der Waals surface area contributed by atoms with Gasteiger partial charge in [0, 0.05) is 0 Å². The molecule has 1 saturated heterocycles. The number of nitrogens with one attached hydrogen (secondary N) is 1. The highest BCUT2D eigenvalue weighted by atomic mass is 14.9. The van der Waals surface area contributed by atoms with Crippen LogP contribution in [0.2, 0.25) is 0 Å². The van der Waals surface area contributed by atoms with Crippen molar-refractivity contribution < 1.29 is 0 Å². The Labute approximate surface area is 69.6 Å². The third-order valence-electron chi connectivity index (χ3n) is 3.72. The summed E-state index contributed by atoms with van der Waals surface area (Å²) in [6.07, 6.45) is 4.39. The lowest BCUT2D eigenvalue weighted by atomic mass is 9.77. The summed E-state index contributed by atoms with van der Waals surface area (Å²) in [4.78, 5) is 0. The Morgan fingerprint density at radius 2 is 2.09 bits per heavy atom. The molecule has 0 aromatic rings. The summed E-state index contributed by atoms with van der Waals surface area (Å²) in [5.41, 5.74) is 0.752. The second-order valence-electron chi connectivity index (χ2n) is 4.73. The summed E-state index contributed by atoms with van der Waals surface area (Å²) in [6.45, 7) is 7.38. The Kier molecular flexibility index (Phi) is 1.71. The zero-order valence-corrected chi connectivity index (χ0v) is 7.69. The quantitative estimate of drug-likeness (QED) is 0.608. The van der Waals surface area contributed by atoms with Gasteiger partial charge in [0.2, 0.25) is 0 Å². The molecule has 0 amide bonds. The maximum Gasteiger partial charge on any atom is -0.00203 e. The molecule has 1 N–H and O–H groups in total. The molecule has 1 aliphatic heterocycles. The first-order chi connectivity index (χ1) is 5.22. The van der Waals surface area contributed by atoms with Crippen molar-refractivity contribution in [3.05, 3.63) is 0 Å². The second kappa shape index (κ2) is 2.48. The largest absolute Gasteiger partial charge is 0.316 e. The third kappa shape index (κ3) is 1.31. The molecule has 0 aromatic carbocycles. The van der Waals surface area contributed by atoms with E-state index in [2.05, 4.69) is 19.2 Å². The van der Waals surface area contributed by atoms with E-state index >= 15 is 0 Å². The van der Waals surface area contributed by atoms with Gasteiger partial charge in [-0.15, -0.1) is 0 Å². The van der Waals surface area contributed by atoms with Crippen LogP contribution in [0.1, 0.15) is 33.1 Å². The molecule has 2 unspecified atom stereocenters. The van der Waals surface area contributed by atoms with Crippen LogP contribution in [0.15, 0.2) is 0 Å². The zero-order valence-electron chi connectivity index (χ0n) is 7.69. The molecule has 2 rings (SSSR count). The van der Waals surface area contributed by atoms with Gasteiger partial charge >= 0.3 is 0 Å². The van der Waals surface area contributed by atoms with Crippen molar-refractivity contribution in [2.24, 2.45) is 17.3 Å². The van der Waals surface area contributed by atoms with Crippen molar-refractivity contribution in [3.63, 3.8) is 0 Å². The normalized spacial score (nSPS) is 42.0. The van der Waals surface area contributed by atoms with E-state index in [4.69, 9.17) is 0 Å². The summed E-state index contributed by atoms with van der Waals surface area (Å²) in [5.74, 6) is 1.93. The highest BCUT2D eigenvalue weighted by molar-refractivity contribution is 4.98. The average molecular weight is 153 g/mol. The van der Waals surface area contributed by atoms with E-state index in [1.807, 2.05) is 0 Å². The zero-order chi connectivity index (χ0) is 7.90. The van der Waals surface area contributed by atoms with Gasteiger partial charge < -0.3 is 5.32 Å². The van der Waals surface area contributed by atoms with Gasteiger partial charge in [0.1, 0.15) is 0 Å². The Bertz CT molecular complexity index is 149. The van der Waals surface area contributed by atoms with Gasteiger partial charge in [-0.1, -0.05) is 13.8 Å². The minimum Gasteiger partial charge on any atom is -0.316 e. The van der Waals surface area contributed by atoms with Crippen molar-refractivity contribution in [3.8, 4) is 0 Å². The van der Waals surface area contributed by atoms with Crippen LogP contribution in [0.25, 0.3) is 0 Å². The molecular weight excluding hydrogens is 134 g/mol. The fraction of sp³-hybridized carbons (Fsp3) is 1.00. The highest BCUT2D eigenvalue weighted by Gasteiger charge is 2.46. The van der Waals surface area contributed by atoms with Crippen LogP contribution >= 0.6 is 0 Å². The number of hydrogen-bond acceptors (Lipinski definition) is 1. The highest BCUT2D eigenvalue weighted by Crippen LogP contribution is 2.55. The number of piperidine rings is 1. The number of hydrogen-bond donors (Lipinski definition) is 1. The molecule has 0 spiro atoms. The van der Waals surface area contributed by atoms with Crippen LogP contribution in [0, 0.1) is 17.3 Å². The predicted octanol–water partition coefficient (Wildman–Crippen LogP) is 2.03. The first-order valence-electron chi connectivity index (χ1n) is 4.93. The summed E-state index contributed by atoms with van der Waals surface area (Å²) in [7, 11) is 0. The Morgan fingerprint density at radius 1 is 1.36 bits per heavy atom. The molecule has 1 heteroatoms. The Hall–Kier alpha value is -0.0400. The van der Waals surface area contributed by atoms with Gasteiger partial charge in [-0.2, -0.15) is 0 Å². The van der Waals surface area contributed by atoms with E-state index in [0.29, 0.717) is 0 Å². The smallest absolute Gasteiger partial charge is 0.00203 e.